The second kappa shape index (κ2) is 9.36. The Morgan fingerprint density at radius 3 is 2.63 bits per heavy atom. The van der Waals surface area contributed by atoms with Gasteiger partial charge in [0.25, 0.3) is 0 Å². The van der Waals surface area contributed by atoms with Crippen LogP contribution in [0.2, 0.25) is 0 Å². The molecule has 0 radical (unpaired) electrons. The number of hydrogen-bond donors (Lipinski definition) is 0. The van der Waals surface area contributed by atoms with Crippen molar-refractivity contribution < 1.29 is 9.53 Å². The summed E-state index contributed by atoms with van der Waals surface area (Å²) in [6.45, 7) is 8.26. The maximum Gasteiger partial charge on any atom is 0.226 e. The van der Waals surface area contributed by atoms with Crippen molar-refractivity contribution >= 4 is 17.2 Å². The van der Waals surface area contributed by atoms with Crippen molar-refractivity contribution in [2.24, 2.45) is 11.8 Å². The van der Waals surface area contributed by atoms with E-state index in [4.69, 9.17) is 9.72 Å². The minimum Gasteiger partial charge on any atom is -0.486 e. The van der Waals surface area contributed by atoms with Crippen molar-refractivity contribution in [3.05, 3.63) is 45.9 Å². The van der Waals surface area contributed by atoms with E-state index in [-0.39, 0.29) is 5.92 Å². The largest absolute Gasteiger partial charge is 0.486 e. The molecule has 1 aromatic heterocycles. The van der Waals surface area contributed by atoms with E-state index in [2.05, 4.69) is 26.2 Å². The number of ether oxygens (including phenoxy) is 1. The standard InChI is InChI=1S/C22H30N2O2S/c1-16(2)12-24(22(25)18-6-4-5-7-18)13-19-15-27-21(23-19)14-26-20-10-8-17(3)9-11-20/h8-11,15-16,18H,4-7,12-14H2,1-3H3. The molecule has 0 unspecified atom stereocenters. The highest BCUT2D eigenvalue weighted by atomic mass is 32.1. The van der Waals surface area contributed by atoms with Crippen LogP contribution in [0.4, 0.5) is 0 Å². The van der Waals surface area contributed by atoms with E-state index < -0.39 is 0 Å². The molecule has 146 valence electrons. The van der Waals surface area contributed by atoms with Crippen LogP contribution in [0.1, 0.15) is 55.8 Å². The minimum absolute atomic E-state index is 0.215. The van der Waals surface area contributed by atoms with Gasteiger partial charge in [0.15, 0.2) is 0 Å². The molecule has 3 rings (SSSR count). The Morgan fingerprint density at radius 1 is 1.26 bits per heavy atom. The van der Waals surface area contributed by atoms with Crippen molar-refractivity contribution in [3.8, 4) is 5.75 Å². The summed E-state index contributed by atoms with van der Waals surface area (Å²) in [5.41, 5.74) is 2.19. The summed E-state index contributed by atoms with van der Waals surface area (Å²) in [6, 6.07) is 8.05. The smallest absolute Gasteiger partial charge is 0.226 e. The quantitative estimate of drug-likeness (QED) is 0.626. The molecular formula is C22H30N2O2S. The molecule has 1 amide bonds. The Balaban J connectivity index is 1.59. The monoisotopic (exact) mass is 386 g/mol. The van der Waals surface area contributed by atoms with E-state index in [0.717, 1.165) is 35.8 Å². The van der Waals surface area contributed by atoms with Crippen molar-refractivity contribution in [2.75, 3.05) is 6.54 Å². The van der Waals surface area contributed by atoms with Crippen LogP contribution in [0, 0.1) is 18.8 Å². The van der Waals surface area contributed by atoms with Gasteiger partial charge in [0, 0.05) is 17.8 Å². The highest BCUT2D eigenvalue weighted by molar-refractivity contribution is 7.09. The first-order valence-electron chi connectivity index (χ1n) is 9.93. The Labute approximate surface area is 166 Å². The van der Waals surface area contributed by atoms with Gasteiger partial charge in [0.2, 0.25) is 5.91 Å². The molecular weight excluding hydrogens is 356 g/mol. The number of nitrogens with zero attached hydrogens (tertiary/aromatic N) is 2. The third kappa shape index (κ3) is 5.80. The molecule has 1 aromatic carbocycles. The number of aromatic nitrogens is 1. The normalized spacial score (nSPS) is 14.7. The molecule has 0 N–H and O–H groups in total. The first-order chi connectivity index (χ1) is 13.0. The van der Waals surface area contributed by atoms with Gasteiger partial charge in [-0.2, -0.15) is 0 Å². The van der Waals surface area contributed by atoms with Gasteiger partial charge in [-0.25, -0.2) is 4.98 Å². The second-order valence-electron chi connectivity index (χ2n) is 7.93. The second-order valence-corrected chi connectivity index (χ2v) is 8.87. The lowest BCUT2D eigenvalue weighted by molar-refractivity contribution is -0.136. The highest BCUT2D eigenvalue weighted by Gasteiger charge is 2.28. The van der Waals surface area contributed by atoms with Crippen LogP contribution < -0.4 is 4.74 Å². The molecule has 1 aliphatic rings. The number of carbonyl (C=O) groups excluding carboxylic acids is 1. The molecule has 1 aliphatic carbocycles. The Bertz CT molecular complexity index is 733. The number of benzene rings is 1. The first kappa shape index (κ1) is 19.9. The molecule has 5 heteroatoms. The van der Waals surface area contributed by atoms with Crippen LogP contribution in [0.5, 0.6) is 5.75 Å². The molecule has 0 saturated heterocycles. The van der Waals surface area contributed by atoms with Crippen LogP contribution >= 0.6 is 11.3 Å². The predicted octanol–water partition coefficient (Wildman–Crippen LogP) is 5.21. The van der Waals surface area contributed by atoms with Gasteiger partial charge >= 0.3 is 0 Å². The lowest BCUT2D eigenvalue weighted by atomic mass is 10.1. The predicted molar refractivity (Wildman–Crippen MR) is 110 cm³/mol. The molecule has 0 atom stereocenters. The zero-order valence-electron chi connectivity index (χ0n) is 16.6. The maximum absolute atomic E-state index is 12.9. The van der Waals surface area contributed by atoms with E-state index in [1.165, 1.54) is 18.4 Å². The third-order valence-corrected chi connectivity index (χ3v) is 5.81. The number of hydrogen-bond acceptors (Lipinski definition) is 4. The van der Waals surface area contributed by atoms with Crippen molar-refractivity contribution in [1.29, 1.82) is 0 Å². The summed E-state index contributed by atoms with van der Waals surface area (Å²) >= 11 is 1.60. The number of rotatable bonds is 8. The van der Waals surface area contributed by atoms with Crippen molar-refractivity contribution in [2.45, 2.75) is 59.6 Å². The zero-order chi connectivity index (χ0) is 19.2. The van der Waals surface area contributed by atoms with Gasteiger partial charge in [0.05, 0.1) is 12.2 Å². The summed E-state index contributed by atoms with van der Waals surface area (Å²) in [7, 11) is 0. The number of thiazole rings is 1. The highest BCUT2D eigenvalue weighted by Crippen LogP contribution is 2.27. The summed E-state index contributed by atoms with van der Waals surface area (Å²) < 4.78 is 5.83. The van der Waals surface area contributed by atoms with Gasteiger partial charge in [-0.1, -0.05) is 44.4 Å². The SMILES string of the molecule is Cc1ccc(OCc2nc(CN(CC(C)C)C(=O)C3CCCC3)cs2)cc1. The number of amides is 1. The molecule has 0 bridgehead atoms. The van der Waals surface area contributed by atoms with Gasteiger partial charge in [-0.3, -0.25) is 4.79 Å². The average molecular weight is 387 g/mol. The molecule has 27 heavy (non-hydrogen) atoms. The molecule has 0 spiro atoms. The van der Waals surface area contributed by atoms with E-state index in [9.17, 15) is 4.79 Å². The molecule has 0 aliphatic heterocycles. The average Bonchev–Trinajstić information content (AvgIpc) is 3.32. The van der Waals surface area contributed by atoms with Crippen LogP contribution in [0.25, 0.3) is 0 Å². The summed E-state index contributed by atoms with van der Waals surface area (Å²) in [4.78, 5) is 19.6. The topological polar surface area (TPSA) is 42.4 Å². The zero-order valence-corrected chi connectivity index (χ0v) is 17.4. The number of aryl methyl sites for hydroxylation is 1. The molecule has 1 saturated carbocycles. The fraction of sp³-hybridized carbons (Fsp3) is 0.545. The van der Waals surface area contributed by atoms with Crippen LogP contribution in [0.15, 0.2) is 29.6 Å². The third-order valence-electron chi connectivity index (χ3n) is 4.94. The summed E-state index contributed by atoms with van der Waals surface area (Å²) in [5.74, 6) is 1.84. The Morgan fingerprint density at radius 2 is 1.96 bits per heavy atom. The van der Waals surface area contributed by atoms with E-state index in [1.807, 2.05) is 29.2 Å². The van der Waals surface area contributed by atoms with Crippen molar-refractivity contribution in [1.82, 2.24) is 9.88 Å². The molecule has 1 fully saturated rings. The maximum atomic E-state index is 12.9. The Kier molecular flexibility index (Phi) is 6.89. The fourth-order valence-electron chi connectivity index (χ4n) is 3.57. The number of carbonyl (C=O) groups is 1. The lowest BCUT2D eigenvalue weighted by Crippen LogP contribution is -2.37. The molecule has 2 aromatic rings. The van der Waals surface area contributed by atoms with E-state index >= 15 is 0 Å². The van der Waals surface area contributed by atoms with Gasteiger partial charge in [0.1, 0.15) is 17.4 Å². The van der Waals surface area contributed by atoms with E-state index in [0.29, 0.717) is 25.0 Å². The van der Waals surface area contributed by atoms with Gasteiger partial charge in [-0.05, 0) is 37.8 Å². The van der Waals surface area contributed by atoms with Crippen LogP contribution in [-0.4, -0.2) is 22.3 Å². The first-order valence-corrected chi connectivity index (χ1v) is 10.8. The fourth-order valence-corrected chi connectivity index (χ4v) is 4.26. The Hall–Kier alpha value is -1.88. The van der Waals surface area contributed by atoms with Crippen LogP contribution in [-0.2, 0) is 17.9 Å². The molecule has 1 heterocycles. The summed E-state index contributed by atoms with van der Waals surface area (Å²) in [5, 5.41) is 3.01. The molecule has 4 nitrogen and oxygen atoms in total. The van der Waals surface area contributed by atoms with Crippen LogP contribution in [0.3, 0.4) is 0 Å². The summed E-state index contributed by atoms with van der Waals surface area (Å²) in [6.07, 6.45) is 4.45. The van der Waals surface area contributed by atoms with Gasteiger partial charge in [-0.15, -0.1) is 11.3 Å². The minimum atomic E-state index is 0.215. The lowest BCUT2D eigenvalue weighted by Gasteiger charge is -2.26. The van der Waals surface area contributed by atoms with E-state index in [1.54, 1.807) is 11.3 Å². The van der Waals surface area contributed by atoms with Crippen molar-refractivity contribution in [3.63, 3.8) is 0 Å². The van der Waals surface area contributed by atoms with Gasteiger partial charge < -0.3 is 9.64 Å².